The first-order valence-corrected chi connectivity index (χ1v) is 33.5. The van der Waals surface area contributed by atoms with Crippen molar-refractivity contribution in [1.29, 1.82) is 0 Å². The molecule has 0 N–H and O–H groups in total. The molecule has 0 radical (unpaired) electrons. The molecule has 12 aromatic rings. The molecule has 11 aromatic heterocycles. The Hall–Kier alpha value is -8.14. The monoisotopic (exact) mass is 1290 g/mol. The smallest absolute Gasteiger partial charge is 0.137 e. The van der Waals surface area contributed by atoms with E-state index in [0.717, 1.165) is 27.4 Å². The Morgan fingerprint density at radius 2 is 0.860 bits per heavy atom. The summed E-state index contributed by atoms with van der Waals surface area (Å²) in [5.41, 5.74) is 13.9. The third kappa shape index (κ3) is 24.0. The van der Waals surface area contributed by atoms with E-state index in [1.807, 2.05) is 78.2 Å². The van der Waals surface area contributed by atoms with Gasteiger partial charge in [0.1, 0.15) is 29.6 Å². The molecule has 0 aliphatic heterocycles. The van der Waals surface area contributed by atoms with Gasteiger partial charge in [0.15, 0.2) is 0 Å². The highest BCUT2D eigenvalue weighted by Crippen LogP contribution is 2.34. The lowest BCUT2D eigenvalue weighted by molar-refractivity contribution is 0.541. The molecule has 0 spiro atoms. The lowest BCUT2D eigenvalue weighted by Gasteiger charge is -2.20. The van der Waals surface area contributed by atoms with Gasteiger partial charge < -0.3 is 0 Å². The molecule has 0 bridgehead atoms. The van der Waals surface area contributed by atoms with E-state index in [2.05, 4.69) is 304 Å². The van der Waals surface area contributed by atoms with Crippen LogP contribution in [0, 0.1) is 0 Å². The zero-order valence-electron chi connectivity index (χ0n) is 60.0. The number of nitrogens with zero attached hydrogens (tertiary/aromatic N) is 13. The van der Waals surface area contributed by atoms with Gasteiger partial charge in [0, 0.05) is 82.4 Å². The zero-order chi connectivity index (χ0) is 69.1. The third-order valence-corrected chi connectivity index (χ3v) is 16.3. The van der Waals surface area contributed by atoms with Crippen LogP contribution in [-0.2, 0) is 43.3 Å². The Morgan fingerprint density at radius 3 is 1.37 bits per heavy atom. The topological polar surface area (TPSA) is 159 Å². The molecule has 0 amide bonds. The molecule has 0 atom stereocenters. The number of rotatable bonds is 0. The Bertz CT molecular complexity index is 3810. The highest BCUT2D eigenvalue weighted by atomic mass is 32.1. The van der Waals surface area contributed by atoms with E-state index < -0.39 is 0 Å². The number of pyridine rings is 5. The minimum absolute atomic E-state index is 0.0307. The van der Waals surface area contributed by atoms with Crippen molar-refractivity contribution >= 4 is 59.5 Å². The fraction of sp³-hybridized carbons (Fsp3) is 0.410. The number of thiophene rings is 2. The standard InChI is InChI=1S/C13H15N.C11H14N2.2C11H13NS.C9H13N.2C8H12N2.C7H11N3/c1-13(2,3)11-8-9-14-12-7-5-4-6-10(11)12;1-11(2,3)9-8-12-13-7-5-4-6-10(9)13;1-11(2,3)9-4-6-12-10-8(9)5-7-13-10;1-11(2,3)8-4-6-12-9-5-7-13-10(8)9;1-9(2,3)8-4-6-10-7-5-8;1-8(2,3)7-4-5-9-6-10-7;1-8(2,3)7-4-5-9-10-6-7;1-7(2,3)6-9-4-8-5-10-6/h4-9H,1-3H3;4-8H,1-3H3;2*4-7H,1-3H3;4-7H,1-3H3;2*4-6H,1-3H3;4-5H,1-3H3. The summed E-state index contributed by atoms with van der Waals surface area (Å²) in [5.74, 6) is 0.836. The summed E-state index contributed by atoms with van der Waals surface area (Å²) in [4.78, 5) is 37.9. The number of fused-ring (bicyclic) bond motifs is 4. The summed E-state index contributed by atoms with van der Waals surface area (Å²) in [7, 11) is 0. The average Bonchev–Trinajstić information content (AvgIpc) is 1.83. The van der Waals surface area contributed by atoms with E-state index >= 15 is 0 Å². The van der Waals surface area contributed by atoms with Crippen LogP contribution in [0.1, 0.15) is 211 Å². The van der Waals surface area contributed by atoms with Crippen molar-refractivity contribution in [3.05, 3.63) is 234 Å². The molecule has 12 rings (SSSR count). The molecule has 15 heteroatoms. The van der Waals surface area contributed by atoms with Gasteiger partial charge in [-0.2, -0.15) is 15.3 Å². The van der Waals surface area contributed by atoms with E-state index in [-0.39, 0.29) is 43.3 Å². The van der Waals surface area contributed by atoms with Gasteiger partial charge in [-0.15, -0.1) is 22.7 Å². The molecule has 0 aliphatic rings. The van der Waals surface area contributed by atoms with E-state index in [1.165, 1.54) is 67.0 Å². The van der Waals surface area contributed by atoms with Gasteiger partial charge in [-0.25, -0.2) is 34.4 Å². The normalized spacial score (nSPS) is 11.9. The maximum Gasteiger partial charge on any atom is 0.137 e. The van der Waals surface area contributed by atoms with Crippen LogP contribution in [-0.4, -0.2) is 64.7 Å². The fourth-order valence-electron chi connectivity index (χ4n) is 9.20. The maximum absolute atomic E-state index is 4.36. The van der Waals surface area contributed by atoms with Crippen LogP contribution < -0.4 is 0 Å². The Labute approximate surface area is 564 Å². The summed E-state index contributed by atoms with van der Waals surface area (Å²) in [6.07, 6.45) is 23.2. The molecule has 0 saturated heterocycles. The molecular formula is C78H103N13S2. The Morgan fingerprint density at radius 1 is 0.333 bits per heavy atom. The summed E-state index contributed by atoms with van der Waals surface area (Å²) < 4.78 is 3.25. The number of para-hydroxylation sites is 1. The second-order valence-corrected chi connectivity index (χ2v) is 32.7. The van der Waals surface area contributed by atoms with Crippen molar-refractivity contribution in [3.63, 3.8) is 0 Å². The second-order valence-electron chi connectivity index (χ2n) is 30.9. The first-order valence-electron chi connectivity index (χ1n) is 31.8. The molecule has 13 nitrogen and oxygen atoms in total. The van der Waals surface area contributed by atoms with Crippen molar-refractivity contribution in [2.75, 3.05) is 0 Å². The van der Waals surface area contributed by atoms with Gasteiger partial charge in [0.2, 0.25) is 0 Å². The SMILES string of the molecule is CC(C)(C)c1ccnc2ccccc12.CC(C)(C)c1ccnc2ccsc12.CC(C)(C)c1ccnc2sccc12.CC(C)(C)c1ccncc1.CC(C)(C)c1ccncn1.CC(C)(C)c1ccnnc1.CC(C)(C)c1cnn2ccccc12.CC(C)(C)c1ncncn1. The minimum Gasteiger partial charge on any atom is -0.265 e. The molecule has 1 aromatic carbocycles. The van der Waals surface area contributed by atoms with Crippen molar-refractivity contribution in [1.82, 2.24) is 64.7 Å². The first kappa shape index (κ1) is 75.6. The van der Waals surface area contributed by atoms with E-state index in [1.54, 1.807) is 47.6 Å². The minimum atomic E-state index is 0.0307. The molecule has 0 saturated carbocycles. The summed E-state index contributed by atoms with van der Waals surface area (Å²) in [6.45, 7) is 52.4. The lowest BCUT2D eigenvalue weighted by atomic mass is 9.85. The van der Waals surface area contributed by atoms with Crippen LogP contribution in [0.15, 0.2) is 189 Å². The fourth-order valence-corrected chi connectivity index (χ4v) is 11.0. The Kier molecular flexibility index (Phi) is 26.5. The molecule has 11 heterocycles. The number of hydrogen-bond acceptors (Lipinski definition) is 14. The van der Waals surface area contributed by atoms with Crippen molar-refractivity contribution in [2.45, 2.75) is 209 Å². The van der Waals surface area contributed by atoms with Crippen LogP contribution in [0.4, 0.5) is 0 Å². The summed E-state index contributed by atoms with van der Waals surface area (Å²) in [5, 5.41) is 18.6. The van der Waals surface area contributed by atoms with Crippen LogP contribution in [0.3, 0.4) is 0 Å². The molecular weight excluding hydrogens is 1180 g/mol. The van der Waals surface area contributed by atoms with Gasteiger partial charge in [-0.3, -0.25) is 15.0 Å². The van der Waals surface area contributed by atoms with Gasteiger partial charge in [0.25, 0.3) is 0 Å². The van der Waals surface area contributed by atoms with Gasteiger partial charge in [-0.05, 0) is 144 Å². The van der Waals surface area contributed by atoms with Crippen LogP contribution in [0.25, 0.3) is 36.9 Å². The maximum atomic E-state index is 4.36. The molecule has 0 unspecified atom stereocenters. The van der Waals surface area contributed by atoms with Crippen LogP contribution in [0.5, 0.6) is 0 Å². The van der Waals surface area contributed by atoms with Crippen molar-refractivity contribution in [2.24, 2.45) is 0 Å². The highest BCUT2D eigenvalue weighted by Gasteiger charge is 2.22. The predicted octanol–water partition coefficient (Wildman–Crippen LogP) is 20.4. The van der Waals surface area contributed by atoms with E-state index in [9.17, 15) is 0 Å². The largest absolute Gasteiger partial charge is 0.265 e. The molecule has 0 fully saturated rings. The zero-order valence-corrected chi connectivity index (χ0v) is 61.7. The van der Waals surface area contributed by atoms with E-state index in [4.69, 9.17) is 0 Å². The quantitative estimate of drug-likeness (QED) is 0.142. The number of aromatic nitrogens is 13. The molecule has 93 heavy (non-hydrogen) atoms. The van der Waals surface area contributed by atoms with Crippen LogP contribution in [0.2, 0.25) is 0 Å². The highest BCUT2D eigenvalue weighted by molar-refractivity contribution is 7.17. The lowest BCUT2D eigenvalue weighted by Crippen LogP contribution is -2.15. The third-order valence-electron chi connectivity index (χ3n) is 14.5. The number of hydrogen-bond donors (Lipinski definition) is 0. The van der Waals surface area contributed by atoms with E-state index in [0.29, 0.717) is 0 Å². The molecule has 492 valence electrons. The Balaban J connectivity index is 0.000000193. The van der Waals surface area contributed by atoms with Gasteiger partial charge in [0.05, 0.1) is 33.6 Å². The summed E-state index contributed by atoms with van der Waals surface area (Å²) >= 11 is 3.48. The van der Waals surface area contributed by atoms with Gasteiger partial charge >= 0.3 is 0 Å². The predicted molar refractivity (Wildman–Crippen MR) is 394 cm³/mol. The van der Waals surface area contributed by atoms with Crippen molar-refractivity contribution in [3.8, 4) is 0 Å². The van der Waals surface area contributed by atoms with Crippen molar-refractivity contribution < 1.29 is 0 Å². The average molecular weight is 1290 g/mol. The summed E-state index contributed by atoms with van der Waals surface area (Å²) in [6, 6.07) is 33.1. The molecule has 0 aliphatic carbocycles. The first-order chi connectivity index (χ1) is 43.3. The van der Waals surface area contributed by atoms with Crippen LogP contribution >= 0.6 is 22.7 Å². The second kappa shape index (κ2) is 32.6. The van der Waals surface area contributed by atoms with Gasteiger partial charge in [-0.1, -0.05) is 190 Å². The number of benzene rings is 1.